The lowest BCUT2D eigenvalue weighted by Crippen LogP contribution is -2.43. The number of carbonyl (C=O) groups is 4. The van der Waals surface area contributed by atoms with E-state index in [1.54, 1.807) is 10.6 Å². The van der Waals surface area contributed by atoms with Crippen molar-refractivity contribution in [2.75, 3.05) is 0 Å². The molecule has 0 heterocycles. The molecule has 0 atom stereocenters. The first-order valence-electron chi connectivity index (χ1n) is 3.96. The highest BCUT2D eigenvalue weighted by molar-refractivity contribution is 8.26. The number of amidine groups is 2. The molecule has 0 radical (unpaired) electrons. The number of thioether (sulfide) groups is 2. The summed E-state index contributed by atoms with van der Waals surface area (Å²) in [5.41, 5.74) is 9.72. The second-order valence-electron chi connectivity index (χ2n) is 2.42. The molecule has 0 rings (SSSR count). The van der Waals surface area contributed by atoms with Gasteiger partial charge in [0.2, 0.25) is 0 Å². The molecule has 10 nitrogen and oxygen atoms in total. The molecule has 0 unspecified atom stereocenters. The van der Waals surface area contributed by atoms with Gasteiger partial charge in [-0.1, -0.05) is 0 Å². The summed E-state index contributed by atoms with van der Waals surface area (Å²) in [6.07, 6.45) is 0. The van der Waals surface area contributed by atoms with Crippen LogP contribution < -0.4 is 22.1 Å². The van der Waals surface area contributed by atoms with E-state index in [1.807, 2.05) is 0 Å². The van der Waals surface area contributed by atoms with Crippen molar-refractivity contribution in [1.29, 1.82) is 10.8 Å². The minimum Gasteiger partial charge on any atom is -0.378 e. The lowest BCUT2D eigenvalue weighted by Gasteiger charge is -2.03. The fourth-order valence-corrected chi connectivity index (χ4v) is 1.24. The molecule has 0 spiro atoms. The summed E-state index contributed by atoms with van der Waals surface area (Å²) in [6, 6.07) is 0. The number of rotatable bonds is 0. The molecule has 0 bridgehead atoms. The summed E-state index contributed by atoms with van der Waals surface area (Å²) in [7, 11) is 0. The molecule has 0 saturated carbocycles. The fraction of sp³-hybridized carbons (Fsp3) is 0. The van der Waals surface area contributed by atoms with Crippen LogP contribution in [0, 0.1) is 10.8 Å². The van der Waals surface area contributed by atoms with Crippen molar-refractivity contribution >= 4 is 56.2 Å². The Kier molecular flexibility index (Phi) is 6.44. The van der Waals surface area contributed by atoms with E-state index in [1.165, 1.54) is 0 Å². The van der Waals surface area contributed by atoms with Gasteiger partial charge in [0.05, 0.1) is 0 Å². The Labute approximate surface area is 109 Å². The zero-order valence-electron chi connectivity index (χ0n) is 8.60. The Morgan fingerprint density at radius 1 is 0.778 bits per heavy atom. The van der Waals surface area contributed by atoms with Crippen molar-refractivity contribution in [3.8, 4) is 0 Å². The van der Waals surface area contributed by atoms with Crippen molar-refractivity contribution in [2.45, 2.75) is 0 Å². The molecule has 0 aromatic carbocycles. The maximum absolute atomic E-state index is 11.0. The molecule has 0 aromatic rings. The Morgan fingerprint density at radius 2 is 1.06 bits per heavy atom. The Morgan fingerprint density at radius 3 is 1.28 bits per heavy atom. The third-order valence-corrected chi connectivity index (χ3v) is 2.06. The Bertz CT molecular complexity index is 396. The van der Waals surface area contributed by atoms with Gasteiger partial charge in [-0.25, -0.2) is 0 Å². The van der Waals surface area contributed by atoms with Crippen LogP contribution >= 0.6 is 23.5 Å². The molecule has 8 N–H and O–H groups in total. The number of amides is 4. The van der Waals surface area contributed by atoms with E-state index in [0.29, 0.717) is 0 Å². The molecule has 0 saturated heterocycles. The van der Waals surface area contributed by atoms with Gasteiger partial charge in [0.1, 0.15) is 0 Å². The largest absolute Gasteiger partial charge is 0.378 e. The quantitative estimate of drug-likeness (QED) is 0.180. The Hall–Kier alpha value is -2.08. The van der Waals surface area contributed by atoms with E-state index in [0.717, 1.165) is 0 Å². The van der Waals surface area contributed by atoms with Crippen LogP contribution in [0.15, 0.2) is 0 Å². The molecule has 0 aliphatic rings. The van der Waals surface area contributed by atoms with Gasteiger partial charge in [-0.15, -0.1) is 0 Å². The predicted molar refractivity (Wildman–Crippen MR) is 66.1 cm³/mol. The molecule has 0 aliphatic carbocycles. The van der Waals surface area contributed by atoms with E-state index >= 15 is 0 Å². The molecule has 18 heavy (non-hydrogen) atoms. The highest BCUT2D eigenvalue weighted by Crippen LogP contribution is 2.00. The number of hydrogen-bond donors (Lipinski definition) is 6. The summed E-state index contributed by atoms with van der Waals surface area (Å²) < 4.78 is 0. The Balaban J connectivity index is 4.23. The van der Waals surface area contributed by atoms with Crippen LogP contribution in [0.4, 0.5) is 9.59 Å². The second-order valence-corrected chi connectivity index (χ2v) is 4.45. The van der Waals surface area contributed by atoms with Crippen LogP contribution in [0.3, 0.4) is 0 Å². The minimum atomic E-state index is -1.40. The monoisotopic (exact) mass is 292 g/mol. The molecule has 0 aromatic heterocycles. The molecule has 4 amide bonds. The van der Waals surface area contributed by atoms with Crippen molar-refractivity contribution < 1.29 is 19.2 Å². The van der Waals surface area contributed by atoms with E-state index in [9.17, 15) is 19.2 Å². The summed E-state index contributed by atoms with van der Waals surface area (Å²) >= 11 is 0.391. The smallest absolute Gasteiger partial charge is 0.317 e. The van der Waals surface area contributed by atoms with Crippen LogP contribution in [-0.4, -0.2) is 32.6 Å². The number of imide groups is 2. The maximum atomic E-state index is 11.0. The topological polar surface area (TPSA) is 192 Å². The summed E-state index contributed by atoms with van der Waals surface area (Å²) in [5, 5.41) is 13.4. The standard InChI is InChI=1S/C6H8N6O4S2/c7-3(8)17-5(15)11-1(13)2(14)12-6(16)18-4(9)10/h(H3,7,8)(H3,9,10)(H,11,13,15)(H,12,14,16). The van der Waals surface area contributed by atoms with Crippen LogP contribution in [0.5, 0.6) is 0 Å². The second kappa shape index (κ2) is 7.29. The zero-order valence-corrected chi connectivity index (χ0v) is 10.2. The van der Waals surface area contributed by atoms with E-state index in [-0.39, 0.29) is 23.5 Å². The summed E-state index contributed by atoms with van der Waals surface area (Å²) in [6.45, 7) is 0. The third kappa shape index (κ3) is 7.24. The molecule has 0 aliphatic heterocycles. The van der Waals surface area contributed by atoms with Gasteiger partial charge in [0, 0.05) is 23.5 Å². The van der Waals surface area contributed by atoms with Gasteiger partial charge >= 0.3 is 11.8 Å². The fourth-order valence-electron chi connectivity index (χ4n) is 0.550. The first-order valence-corrected chi connectivity index (χ1v) is 5.59. The lowest BCUT2D eigenvalue weighted by molar-refractivity contribution is -0.137. The van der Waals surface area contributed by atoms with Crippen LogP contribution in [0.1, 0.15) is 0 Å². The molecule has 98 valence electrons. The maximum Gasteiger partial charge on any atom is 0.317 e. The predicted octanol–water partition coefficient (Wildman–Crippen LogP) is -1.29. The van der Waals surface area contributed by atoms with Crippen molar-refractivity contribution in [1.82, 2.24) is 10.6 Å². The van der Waals surface area contributed by atoms with E-state index < -0.39 is 32.6 Å². The molecular formula is C6H8N6O4S2. The van der Waals surface area contributed by atoms with Gasteiger partial charge in [0.15, 0.2) is 10.3 Å². The zero-order chi connectivity index (χ0) is 14.3. The lowest BCUT2D eigenvalue weighted by atomic mass is 10.5. The van der Waals surface area contributed by atoms with Gasteiger partial charge in [-0.2, -0.15) is 0 Å². The van der Waals surface area contributed by atoms with Gasteiger partial charge < -0.3 is 11.5 Å². The number of hydrogen-bond acceptors (Lipinski definition) is 8. The van der Waals surface area contributed by atoms with Gasteiger partial charge in [0.25, 0.3) is 10.5 Å². The van der Waals surface area contributed by atoms with E-state index in [4.69, 9.17) is 22.3 Å². The molecule has 0 fully saturated rings. The number of nitrogens with two attached hydrogens (primary N) is 2. The normalized spacial score (nSPS) is 9.11. The third-order valence-electron chi connectivity index (χ3n) is 1.04. The van der Waals surface area contributed by atoms with Crippen molar-refractivity contribution in [3.63, 3.8) is 0 Å². The SMILES string of the molecule is N=C(N)SC(=O)NC(=O)C(=O)NC(=O)SC(=N)N. The van der Waals surface area contributed by atoms with E-state index in [2.05, 4.69) is 0 Å². The molecular weight excluding hydrogens is 284 g/mol. The molecule has 12 heteroatoms. The van der Waals surface area contributed by atoms with Crippen molar-refractivity contribution in [2.24, 2.45) is 11.5 Å². The highest BCUT2D eigenvalue weighted by Gasteiger charge is 2.20. The number of nitrogens with one attached hydrogen (secondary N) is 4. The summed E-state index contributed by atoms with van der Waals surface area (Å²) in [5.74, 6) is -2.79. The first-order chi connectivity index (χ1) is 8.22. The van der Waals surface area contributed by atoms with Crippen LogP contribution in [-0.2, 0) is 9.59 Å². The number of carbonyl (C=O) groups excluding carboxylic acids is 4. The van der Waals surface area contributed by atoms with Gasteiger partial charge in [-0.05, 0) is 0 Å². The summed E-state index contributed by atoms with van der Waals surface area (Å²) in [4.78, 5) is 43.9. The first kappa shape index (κ1) is 15.9. The van der Waals surface area contributed by atoms with Crippen LogP contribution in [0.25, 0.3) is 0 Å². The van der Waals surface area contributed by atoms with Gasteiger partial charge in [-0.3, -0.25) is 40.6 Å². The van der Waals surface area contributed by atoms with Crippen LogP contribution in [0.2, 0.25) is 0 Å². The average molecular weight is 292 g/mol. The highest BCUT2D eigenvalue weighted by atomic mass is 32.2. The van der Waals surface area contributed by atoms with Crippen molar-refractivity contribution in [3.05, 3.63) is 0 Å². The average Bonchev–Trinajstić information content (AvgIpc) is 2.13. The minimum absolute atomic E-state index is 0.196.